The maximum absolute atomic E-state index is 14.3. The number of aliphatic hydroxyl groups excluding tert-OH is 1. The van der Waals surface area contributed by atoms with Crippen molar-refractivity contribution in [2.45, 2.75) is 110 Å². The van der Waals surface area contributed by atoms with Gasteiger partial charge in [-0.15, -0.1) is 0 Å². The highest BCUT2D eigenvalue weighted by Crippen LogP contribution is 2.67. The second kappa shape index (κ2) is 7.27. The van der Waals surface area contributed by atoms with Crippen LogP contribution in [0, 0.1) is 40.4 Å². The van der Waals surface area contributed by atoms with E-state index >= 15 is 0 Å². The highest BCUT2D eigenvalue weighted by atomic mass is 19.3. The van der Waals surface area contributed by atoms with Gasteiger partial charge < -0.3 is 10.2 Å². The van der Waals surface area contributed by atoms with Gasteiger partial charge in [-0.1, -0.05) is 32.4 Å². The van der Waals surface area contributed by atoms with Gasteiger partial charge in [0.15, 0.2) is 0 Å². The Hall–Kier alpha value is -0.480. The molecule has 2 nitrogen and oxygen atoms in total. The van der Waals surface area contributed by atoms with E-state index in [-0.39, 0.29) is 23.2 Å². The van der Waals surface area contributed by atoms with E-state index in [1.165, 1.54) is 18.9 Å². The summed E-state index contributed by atoms with van der Waals surface area (Å²) in [4.78, 5) is 0. The Labute approximate surface area is 181 Å². The lowest BCUT2D eigenvalue weighted by atomic mass is 9.46. The first-order valence-electron chi connectivity index (χ1n) is 12.3. The molecule has 0 saturated heterocycles. The third-order valence-electron chi connectivity index (χ3n) is 10.3. The quantitative estimate of drug-likeness (QED) is 0.516. The lowest BCUT2D eigenvalue weighted by Crippen LogP contribution is -2.52. The third kappa shape index (κ3) is 3.49. The van der Waals surface area contributed by atoms with Gasteiger partial charge in [0.2, 0.25) is 0 Å². The molecule has 2 unspecified atom stereocenters. The molecule has 0 radical (unpaired) electrons. The van der Waals surface area contributed by atoms with Crippen LogP contribution < -0.4 is 0 Å². The monoisotopic (exact) mass is 424 g/mol. The fraction of sp³-hybridized carbons (Fsp3) is 0.923. The average molecular weight is 425 g/mol. The van der Waals surface area contributed by atoms with Gasteiger partial charge in [0.1, 0.15) is 6.10 Å². The highest BCUT2D eigenvalue weighted by molar-refractivity contribution is 5.26. The Balaban J connectivity index is 1.55. The molecule has 0 aromatic heterocycles. The molecule has 0 heterocycles. The number of fused-ring (bicyclic) bond motifs is 5. The molecule has 3 saturated carbocycles. The fourth-order valence-corrected chi connectivity index (χ4v) is 8.52. The van der Waals surface area contributed by atoms with Crippen LogP contribution in [0.4, 0.5) is 8.78 Å². The van der Waals surface area contributed by atoms with Crippen LogP contribution in [0.15, 0.2) is 11.6 Å². The van der Waals surface area contributed by atoms with Crippen molar-refractivity contribution >= 4 is 0 Å². The molecule has 0 amide bonds. The van der Waals surface area contributed by atoms with E-state index in [9.17, 15) is 19.0 Å². The standard InChI is InChI=1S/C26H42F2O2/c1-16(14-26(27,28)17(2)29)20-8-9-21-19-7-6-18-15-23(3,30)12-13-24(18,4)22(19)10-11-25(20,21)5/h6,16-17,19-22,29-30H,7-15H2,1-5H3/t16-,17?,19+,20-,21+,22+,23+,24+,25?/m1/s1. The van der Waals surface area contributed by atoms with Crippen molar-refractivity contribution in [3.63, 3.8) is 0 Å². The van der Waals surface area contributed by atoms with Crippen molar-refractivity contribution in [3.8, 4) is 0 Å². The van der Waals surface area contributed by atoms with Gasteiger partial charge in [0.05, 0.1) is 5.60 Å². The number of hydrogen-bond acceptors (Lipinski definition) is 2. The maximum atomic E-state index is 14.3. The Morgan fingerprint density at radius 2 is 1.77 bits per heavy atom. The van der Waals surface area contributed by atoms with E-state index < -0.39 is 17.6 Å². The molecule has 0 spiro atoms. The van der Waals surface area contributed by atoms with E-state index in [4.69, 9.17) is 0 Å². The van der Waals surface area contributed by atoms with Gasteiger partial charge in [-0.2, -0.15) is 0 Å². The summed E-state index contributed by atoms with van der Waals surface area (Å²) in [6.45, 7) is 10.0. The molecule has 30 heavy (non-hydrogen) atoms. The van der Waals surface area contributed by atoms with Crippen LogP contribution in [-0.4, -0.2) is 27.8 Å². The second-order valence-electron chi connectivity index (χ2n) is 12.3. The van der Waals surface area contributed by atoms with Crippen LogP contribution in [0.25, 0.3) is 0 Å². The van der Waals surface area contributed by atoms with Crippen molar-refractivity contribution in [2.75, 3.05) is 0 Å². The van der Waals surface area contributed by atoms with Gasteiger partial charge in [-0.05, 0) is 106 Å². The molecule has 0 aromatic carbocycles. The van der Waals surface area contributed by atoms with E-state index in [1.54, 1.807) is 0 Å². The minimum absolute atomic E-state index is 0.0730. The zero-order valence-corrected chi connectivity index (χ0v) is 19.6. The zero-order chi connectivity index (χ0) is 22.1. The Morgan fingerprint density at radius 3 is 2.43 bits per heavy atom. The van der Waals surface area contributed by atoms with Crippen LogP contribution in [-0.2, 0) is 0 Å². The molecule has 9 atom stereocenters. The number of allylic oxidation sites excluding steroid dienone is 1. The van der Waals surface area contributed by atoms with Crippen molar-refractivity contribution < 1.29 is 19.0 Å². The molecule has 2 N–H and O–H groups in total. The molecule has 3 fully saturated rings. The number of rotatable bonds is 4. The average Bonchev–Trinajstić information content (AvgIpc) is 2.99. The van der Waals surface area contributed by atoms with Gasteiger partial charge in [0, 0.05) is 6.42 Å². The molecule has 0 aromatic rings. The second-order valence-corrected chi connectivity index (χ2v) is 12.3. The molecular weight excluding hydrogens is 382 g/mol. The van der Waals surface area contributed by atoms with Crippen molar-refractivity contribution in [1.29, 1.82) is 0 Å². The lowest BCUT2D eigenvalue weighted by Gasteiger charge is -2.59. The molecule has 4 aliphatic carbocycles. The molecule has 172 valence electrons. The Morgan fingerprint density at radius 1 is 1.07 bits per heavy atom. The van der Waals surface area contributed by atoms with Crippen molar-refractivity contribution in [1.82, 2.24) is 0 Å². The normalized spacial score (nSPS) is 48.2. The Bertz CT molecular complexity index is 699. The van der Waals surface area contributed by atoms with Gasteiger partial charge >= 0.3 is 0 Å². The molecule has 0 aliphatic heterocycles. The van der Waals surface area contributed by atoms with Gasteiger partial charge in [-0.3, -0.25) is 0 Å². The predicted molar refractivity (Wildman–Crippen MR) is 116 cm³/mol. The molecule has 4 heteroatoms. The molecule has 4 rings (SSSR count). The van der Waals surface area contributed by atoms with Crippen LogP contribution in [0.1, 0.15) is 92.4 Å². The smallest absolute Gasteiger partial charge is 0.273 e. The van der Waals surface area contributed by atoms with E-state index in [2.05, 4.69) is 19.9 Å². The van der Waals surface area contributed by atoms with E-state index in [0.29, 0.717) is 23.7 Å². The van der Waals surface area contributed by atoms with Crippen LogP contribution in [0.5, 0.6) is 0 Å². The minimum Gasteiger partial charge on any atom is -0.390 e. The molecule has 4 aliphatic rings. The van der Waals surface area contributed by atoms with Gasteiger partial charge in [0.25, 0.3) is 5.92 Å². The number of aliphatic hydroxyl groups is 2. The topological polar surface area (TPSA) is 40.5 Å². The maximum Gasteiger partial charge on any atom is 0.273 e. The summed E-state index contributed by atoms with van der Waals surface area (Å²) in [6.07, 6.45) is 9.02. The molecule has 0 bridgehead atoms. The first-order chi connectivity index (χ1) is 13.8. The third-order valence-corrected chi connectivity index (χ3v) is 10.3. The van der Waals surface area contributed by atoms with Crippen molar-refractivity contribution in [2.24, 2.45) is 40.4 Å². The fourth-order valence-electron chi connectivity index (χ4n) is 8.52. The zero-order valence-electron chi connectivity index (χ0n) is 19.6. The minimum atomic E-state index is -3.00. The largest absolute Gasteiger partial charge is 0.390 e. The summed E-state index contributed by atoms with van der Waals surface area (Å²) in [5, 5.41) is 20.1. The SMILES string of the molecule is CC(O)C(F)(F)C[C@@H](C)[C@H]1CC[C@H]2[C@@H]3CC=C4C[C@@](C)(O)CC[C@]4(C)[C@H]3CCC12C. The predicted octanol–water partition coefficient (Wildman–Crippen LogP) is 6.36. The first kappa shape index (κ1) is 22.7. The summed E-state index contributed by atoms with van der Waals surface area (Å²) in [5.41, 5.74) is 1.25. The van der Waals surface area contributed by atoms with Crippen LogP contribution >= 0.6 is 0 Å². The van der Waals surface area contributed by atoms with E-state index in [0.717, 1.165) is 44.9 Å². The summed E-state index contributed by atoms with van der Waals surface area (Å²) in [5.74, 6) is -0.829. The highest BCUT2D eigenvalue weighted by Gasteiger charge is 2.60. The lowest BCUT2D eigenvalue weighted by molar-refractivity contribution is -0.125. The van der Waals surface area contributed by atoms with Crippen LogP contribution in [0.2, 0.25) is 0 Å². The summed E-state index contributed by atoms with van der Waals surface area (Å²) >= 11 is 0. The number of hydrogen-bond donors (Lipinski definition) is 2. The molecular formula is C26H42F2O2. The number of halogens is 2. The summed E-state index contributed by atoms with van der Waals surface area (Å²) in [6, 6.07) is 0. The summed E-state index contributed by atoms with van der Waals surface area (Å²) < 4.78 is 28.6. The van der Waals surface area contributed by atoms with Crippen LogP contribution in [0.3, 0.4) is 0 Å². The summed E-state index contributed by atoms with van der Waals surface area (Å²) in [7, 11) is 0. The first-order valence-corrected chi connectivity index (χ1v) is 12.3. The van der Waals surface area contributed by atoms with Gasteiger partial charge in [-0.25, -0.2) is 8.78 Å². The Kier molecular flexibility index (Phi) is 5.50. The van der Waals surface area contributed by atoms with Crippen molar-refractivity contribution in [3.05, 3.63) is 11.6 Å². The number of alkyl halides is 2. The van der Waals surface area contributed by atoms with E-state index in [1.807, 2.05) is 13.8 Å².